The van der Waals surface area contributed by atoms with Gasteiger partial charge in [-0.15, -0.1) is 15.3 Å². The maximum atomic E-state index is 7.60. The Morgan fingerprint density at radius 2 is 2.04 bits per heavy atom. The third-order valence-electron chi connectivity index (χ3n) is 4.14. The Kier molecular flexibility index (Phi) is 4.90. The Balaban J connectivity index is 1.71. The number of pyridine rings is 1. The number of anilines is 1. The average Bonchev–Trinajstić information content (AvgIpc) is 3.13. The molecule has 3 N–H and O–H groups in total. The summed E-state index contributed by atoms with van der Waals surface area (Å²) >= 11 is 1.49. The molecule has 0 aliphatic carbocycles. The van der Waals surface area contributed by atoms with Crippen LogP contribution in [0.2, 0.25) is 0 Å². The Morgan fingerprint density at radius 3 is 2.82 bits per heavy atom. The smallest absolute Gasteiger partial charge is 0.217 e. The second-order valence-electron chi connectivity index (χ2n) is 5.93. The molecule has 0 unspecified atom stereocenters. The normalized spacial score (nSPS) is 11.7. The zero-order chi connectivity index (χ0) is 19.5. The zero-order valence-corrected chi connectivity index (χ0v) is 16.2. The lowest BCUT2D eigenvalue weighted by Gasteiger charge is -2.06. The van der Waals surface area contributed by atoms with Gasteiger partial charge in [0.25, 0.3) is 0 Å². The molecule has 0 amide bonds. The molecule has 0 aliphatic rings. The molecular weight excluding hydrogens is 372 g/mol. The van der Waals surface area contributed by atoms with Gasteiger partial charge < -0.3 is 16.0 Å². The number of benzene rings is 1. The molecule has 0 aliphatic heterocycles. The zero-order valence-electron chi connectivity index (χ0n) is 15.3. The average molecular weight is 390 g/mol. The van der Waals surface area contributed by atoms with Crippen LogP contribution in [0.15, 0.2) is 58.8 Å². The van der Waals surface area contributed by atoms with Crippen LogP contribution in [0.4, 0.5) is 5.82 Å². The second kappa shape index (κ2) is 7.65. The van der Waals surface area contributed by atoms with Gasteiger partial charge in [0.1, 0.15) is 5.82 Å². The molecule has 0 radical (unpaired) electrons. The highest BCUT2D eigenvalue weighted by Gasteiger charge is 2.10. The Labute approximate surface area is 165 Å². The van der Waals surface area contributed by atoms with E-state index in [9.17, 15) is 0 Å². The van der Waals surface area contributed by atoms with Crippen molar-refractivity contribution in [2.24, 2.45) is 0 Å². The summed E-state index contributed by atoms with van der Waals surface area (Å²) in [6.45, 7) is 0. The first-order valence-electron chi connectivity index (χ1n) is 8.58. The molecule has 0 spiro atoms. The van der Waals surface area contributed by atoms with Gasteiger partial charge in [-0.25, -0.2) is 0 Å². The molecule has 0 saturated carbocycles. The van der Waals surface area contributed by atoms with Crippen molar-refractivity contribution in [3.63, 3.8) is 0 Å². The molecule has 0 atom stereocenters. The van der Waals surface area contributed by atoms with Crippen LogP contribution in [0.25, 0.3) is 22.1 Å². The number of nitrogens with one attached hydrogen (secondary N) is 3. The molecule has 0 saturated heterocycles. The molecule has 28 heavy (non-hydrogen) atoms. The van der Waals surface area contributed by atoms with Crippen LogP contribution in [0, 0.1) is 5.41 Å². The number of fused-ring (bicyclic) bond motifs is 2. The van der Waals surface area contributed by atoms with E-state index < -0.39 is 0 Å². The summed E-state index contributed by atoms with van der Waals surface area (Å²) in [6, 6.07) is 11.8. The van der Waals surface area contributed by atoms with Gasteiger partial charge in [0.15, 0.2) is 5.65 Å². The molecule has 9 heteroatoms. The number of nitrogens with zero attached hydrogens (tertiary/aromatic N) is 5. The van der Waals surface area contributed by atoms with Gasteiger partial charge in [-0.05, 0) is 48.2 Å². The minimum Gasteiger partial charge on any atom is -0.393 e. The predicted octanol–water partition coefficient (Wildman–Crippen LogP) is 3.08. The lowest BCUT2D eigenvalue weighted by molar-refractivity contribution is 0.812. The molecule has 4 aromatic rings. The summed E-state index contributed by atoms with van der Waals surface area (Å²) < 4.78 is 1.72. The minimum absolute atomic E-state index is 0.686. The van der Waals surface area contributed by atoms with Crippen LogP contribution >= 0.6 is 11.8 Å². The highest BCUT2D eigenvalue weighted by Crippen LogP contribution is 2.29. The summed E-state index contributed by atoms with van der Waals surface area (Å²) in [5.41, 5.74) is 3.23. The fourth-order valence-corrected chi connectivity index (χ4v) is 3.60. The fourth-order valence-electron chi connectivity index (χ4n) is 2.77. The third-order valence-corrected chi connectivity index (χ3v) is 5.07. The van der Waals surface area contributed by atoms with Crippen molar-refractivity contribution in [1.82, 2.24) is 30.1 Å². The SMILES string of the molecule is CN/C=C(\C=N)c1cnc2ccc(Sc3nnc4ccc(NC)nn34)cc2c1. The molecular formula is C19H18N8S. The van der Waals surface area contributed by atoms with Crippen LogP contribution in [-0.4, -0.2) is 45.1 Å². The highest BCUT2D eigenvalue weighted by atomic mass is 32.2. The van der Waals surface area contributed by atoms with Gasteiger partial charge >= 0.3 is 0 Å². The Morgan fingerprint density at radius 1 is 1.14 bits per heavy atom. The second-order valence-corrected chi connectivity index (χ2v) is 6.98. The maximum absolute atomic E-state index is 7.60. The van der Waals surface area contributed by atoms with E-state index in [1.807, 2.05) is 44.4 Å². The van der Waals surface area contributed by atoms with Gasteiger partial charge in [-0.3, -0.25) is 4.98 Å². The quantitative estimate of drug-likeness (QED) is 0.435. The number of rotatable bonds is 6. The molecule has 3 aromatic heterocycles. The summed E-state index contributed by atoms with van der Waals surface area (Å²) in [4.78, 5) is 5.51. The number of aromatic nitrogens is 5. The lowest BCUT2D eigenvalue weighted by atomic mass is 10.1. The number of hydrogen-bond donors (Lipinski definition) is 3. The van der Waals surface area contributed by atoms with Gasteiger partial charge in [0, 0.05) is 54.1 Å². The molecule has 0 bridgehead atoms. The van der Waals surface area contributed by atoms with Crippen LogP contribution in [-0.2, 0) is 0 Å². The van der Waals surface area contributed by atoms with Crippen LogP contribution in [0.1, 0.15) is 5.56 Å². The van der Waals surface area contributed by atoms with Crippen molar-refractivity contribution in [3.05, 3.63) is 54.4 Å². The van der Waals surface area contributed by atoms with Crippen molar-refractivity contribution >= 4 is 45.9 Å². The molecule has 140 valence electrons. The predicted molar refractivity (Wildman–Crippen MR) is 112 cm³/mol. The monoisotopic (exact) mass is 390 g/mol. The van der Waals surface area contributed by atoms with Crippen molar-refractivity contribution in [1.29, 1.82) is 5.41 Å². The van der Waals surface area contributed by atoms with E-state index in [2.05, 4.69) is 37.0 Å². The van der Waals surface area contributed by atoms with Crippen molar-refractivity contribution in [2.45, 2.75) is 10.1 Å². The van der Waals surface area contributed by atoms with Gasteiger partial charge in [-0.2, -0.15) is 4.52 Å². The van der Waals surface area contributed by atoms with Crippen molar-refractivity contribution in [3.8, 4) is 0 Å². The van der Waals surface area contributed by atoms with Gasteiger partial charge in [0.2, 0.25) is 5.16 Å². The molecule has 3 heterocycles. The van der Waals surface area contributed by atoms with E-state index in [1.165, 1.54) is 18.0 Å². The largest absolute Gasteiger partial charge is 0.393 e. The third kappa shape index (κ3) is 3.39. The summed E-state index contributed by atoms with van der Waals surface area (Å²) in [5.74, 6) is 0.747. The van der Waals surface area contributed by atoms with E-state index in [0.717, 1.165) is 32.8 Å². The lowest BCUT2D eigenvalue weighted by Crippen LogP contribution is -1.99. The summed E-state index contributed by atoms with van der Waals surface area (Å²) in [6.07, 6.45) is 4.87. The molecule has 1 aromatic carbocycles. The van der Waals surface area contributed by atoms with E-state index >= 15 is 0 Å². The van der Waals surface area contributed by atoms with E-state index in [1.54, 1.807) is 16.9 Å². The molecule has 0 fully saturated rings. The summed E-state index contributed by atoms with van der Waals surface area (Å²) in [5, 5.41) is 28.2. The first-order chi connectivity index (χ1) is 13.7. The minimum atomic E-state index is 0.686. The van der Waals surface area contributed by atoms with Crippen molar-refractivity contribution in [2.75, 3.05) is 19.4 Å². The van der Waals surface area contributed by atoms with Gasteiger partial charge in [0.05, 0.1) is 5.52 Å². The summed E-state index contributed by atoms with van der Waals surface area (Å²) in [7, 11) is 3.63. The maximum Gasteiger partial charge on any atom is 0.217 e. The molecule has 4 rings (SSSR count). The Bertz CT molecular complexity index is 1200. The fraction of sp³-hybridized carbons (Fsp3) is 0.105. The van der Waals surface area contributed by atoms with E-state index in [0.29, 0.717) is 10.8 Å². The molecule has 8 nitrogen and oxygen atoms in total. The standard InChI is InChI=1S/C19H18N8S/c1-21-10-14(9-20)13-7-12-8-15(3-4-16(12)23-11-13)28-19-25-24-18-6-5-17(22-2)26-27(18)19/h3-11,20-21H,1-2H3,(H,22,26)/b14-10+,20-9?. The topological polar surface area (TPSA) is 104 Å². The number of allylic oxidation sites excluding steroid dienone is 1. The number of hydrogen-bond acceptors (Lipinski definition) is 8. The Hall–Kier alpha value is -3.46. The van der Waals surface area contributed by atoms with E-state index in [4.69, 9.17) is 5.41 Å². The van der Waals surface area contributed by atoms with Crippen LogP contribution in [0.3, 0.4) is 0 Å². The van der Waals surface area contributed by atoms with Crippen molar-refractivity contribution < 1.29 is 0 Å². The highest BCUT2D eigenvalue weighted by molar-refractivity contribution is 7.99. The first-order valence-corrected chi connectivity index (χ1v) is 9.39. The van der Waals surface area contributed by atoms with E-state index in [-0.39, 0.29) is 0 Å². The van der Waals surface area contributed by atoms with Gasteiger partial charge in [-0.1, -0.05) is 0 Å². The van der Waals surface area contributed by atoms with Crippen LogP contribution in [0.5, 0.6) is 0 Å². The van der Waals surface area contributed by atoms with Crippen LogP contribution < -0.4 is 10.6 Å². The first kappa shape index (κ1) is 17.9.